The Morgan fingerprint density at radius 3 is 1.86 bits per heavy atom. The molecule has 0 aliphatic carbocycles. The van der Waals surface area contributed by atoms with Gasteiger partial charge in [0.05, 0.1) is 10.0 Å². The molecule has 20 N–H and O–H groups in total. The molecule has 2 saturated heterocycles. The van der Waals surface area contributed by atoms with Crippen LogP contribution >= 0.6 is 23.2 Å². The van der Waals surface area contributed by atoms with E-state index in [0.29, 0.717) is 24.3 Å². The Balaban J connectivity index is 1.09. The highest BCUT2D eigenvalue weighted by molar-refractivity contribution is 6.33. The van der Waals surface area contributed by atoms with Crippen molar-refractivity contribution in [2.45, 2.75) is 188 Å². The van der Waals surface area contributed by atoms with Gasteiger partial charge in [0.2, 0.25) is 53.7 Å². The van der Waals surface area contributed by atoms with Gasteiger partial charge in [-0.2, -0.15) is 0 Å². The molecule has 0 spiro atoms. The number of likely N-dealkylation sites (N-methyl/N-ethyl adjacent to an activating group) is 1. The van der Waals surface area contributed by atoms with Gasteiger partial charge in [0, 0.05) is 54.2 Å². The number of ether oxygens (including phenoxy) is 8. The third-order valence-corrected chi connectivity index (χ3v) is 22.2. The zero-order valence-electron chi connectivity index (χ0n) is 66.9. The second kappa shape index (κ2) is 38.4. The number of nitrogens with zero attached hydrogens (tertiary/aromatic N) is 7. The lowest BCUT2D eigenvalue weighted by molar-refractivity contribution is -0.278. The van der Waals surface area contributed by atoms with E-state index in [4.69, 9.17) is 61.1 Å². The number of aliphatic hydroxyl groups excluding tert-OH is 13. The van der Waals surface area contributed by atoms with Crippen molar-refractivity contribution in [3.8, 4) is 80.1 Å². The summed E-state index contributed by atoms with van der Waals surface area (Å²) < 4.78 is 49.4. The van der Waals surface area contributed by atoms with Gasteiger partial charge in [0.1, 0.15) is 108 Å². The average molecular weight is 1770 g/mol. The Morgan fingerprint density at radius 2 is 1.18 bits per heavy atom. The Kier molecular flexibility index (Phi) is 27.8. The molecule has 8 heterocycles. The molecule has 17 bridgehead atoms. The summed E-state index contributed by atoms with van der Waals surface area (Å²) in [6, 6.07) is 4.83. The molecule has 40 heteroatoms. The minimum absolute atomic E-state index is 0.0910. The minimum Gasteiger partial charge on any atom is -0.508 e. The van der Waals surface area contributed by atoms with Gasteiger partial charge in [0.25, 0.3) is 0 Å². The highest BCUT2D eigenvalue weighted by Crippen LogP contribution is 2.52. The maximum absolute atomic E-state index is 13.9. The number of esters is 1. The molecule has 7 aromatic carbocycles. The van der Waals surface area contributed by atoms with E-state index in [-0.39, 0.29) is 41.2 Å². The molecule has 7 aromatic rings. The minimum atomic E-state index is -2.51. The molecule has 15 rings (SSSR count). The second-order valence-electron chi connectivity index (χ2n) is 30.8. The predicted molar refractivity (Wildman–Crippen MR) is 447 cm³/mol. The van der Waals surface area contributed by atoms with E-state index in [1.54, 1.807) is 0 Å². The monoisotopic (exact) mass is 1770 g/mol. The third kappa shape index (κ3) is 20.1. The number of rotatable bonds is 19. The summed E-state index contributed by atoms with van der Waals surface area (Å²) in [6.07, 6.45) is -16.2. The number of aliphatic carboxylic acids is 2. The van der Waals surface area contributed by atoms with E-state index in [9.17, 15) is 111 Å². The molecule has 38 nitrogen and oxygen atoms in total. The number of unbranched alkanes of at least 4 members (excludes halogenated alkanes) is 5. The molecule has 664 valence electrons. The van der Waals surface area contributed by atoms with E-state index in [1.807, 2.05) is 0 Å². The number of nitrogens with one attached hydrogen (secondary N) is 1. The Hall–Kier alpha value is -12.3. The maximum Gasteiger partial charge on any atom is 0.335 e. The van der Waals surface area contributed by atoms with Crippen LogP contribution in [0.4, 0.5) is 0 Å². The first-order valence-corrected chi connectivity index (χ1v) is 40.3. The lowest BCUT2D eigenvalue weighted by Crippen LogP contribution is -2.60. The number of aromatic hydroxyl groups is 4. The van der Waals surface area contributed by atoms with Gasteiger partial charge < -0.3 is 140 Å². The van der Waals surface area contributed by atoms with Gasteiger partial charge in [-0.25, -0.2) is 44.5 Å². The van der Waals surface area contributed by atoms with Crippen LogP contribution < -0.4 is 29.0 Å². The topological polar surface area (TPSA) is 608 Å². The van der Waals surface area contributed by atoms with Crippen molar-refractivity contribution in [3.05, 3.63) is 164 Å². The van der Waals surface area contributed by atoms with Crippen molar-refractivity contribution in [1.29, 1.82) is 0 Å². The Labute approximate surface area is 720 Å². The van der Waals surface area contributed by atoms with Gasteiger partial charge in [-0.1, -0.05) is 106 Å². The normalized spacial score (nSPS) is 26.3. The number of hydrogen-bond donors (Lipinski definition) is 20. The van der Waals surface area contributed by atoms with Gasteiger partial charge in [0.15, 0.2) is 65.2 Å². The summed E-state index contributed by atoms with van der Waals surface area (Å²) in [4.78, 5) is 70.2. The van der Waals surface area contributed by atoms with E-state index in [1.165, 1.54) is 49.5 Å². The van der Waals surface area contributed by atoms with Crippen molar-refractivity contribution >= 4 is 82.4 Å². The number of carboxylic acid groups (broad SMARTS) is 2. The molecule has 8 aliphatic heterocycles. The number of phenols is 4. The number of benzene rings is 7. The molecular weight excluding hydrogens is 1680 g/mol. The number of phenolic OH excluding ortho intramolecular Hbond substituents is 4. The lowest BCUT2D eigenvalue weighted by Gasteiger charge is -2.40. The zero-order chi connectivity index (χ0) is 89.8. The van der Waals surface area contributed by atoms with E-state index in [0.717, 1.165) is 112 Å². The number of halogens is 2. The molecule has 8 aliphatic rings. The number of aliphatic hydroxyl groups is 13. The molecule has 0 saturated carbocycles. The SMILES string of the molecule is CNC1C(O)=NC2Cc3ccc(cc3)Oc3cc4cc(c3OC3OC(C(=O)O)C(O)C(O)C3N=C(O)CCCCCCCCC(C)C)Oc3ccc(cc3Cl)C(O)C3N=C(O)C(N=C(O)C4N=C(O)C(N=C2O)c2cc(cc(O)c2Cl)Oc2cc1ccc2O)c1ccc(O)c(c1)-c1c(OC2OC(COC(C)=O)C(O)C(O)C2O)cc(O)cc1C(C(=O)O)N=C3O. The van der Waals surface area contributed by atoms with E-state index >= 15 is 0 Å². The van der Waals surface area contributed by atoms with Crippen LogP contribution in [0.1, 0.15) is 147 Å². The van der Waals surface area contributed by atoms with Crippen molar-refractivity contribution < 1.29 is 149 Å². The van der Waals surface area contributed by atoms with E-state index in [2.05, 4.69) is 54.1 Å². The van der Waals surface area contributed by atoms with Crippen LogP contribution in [-0.4, -0.2) is 243 Å². The number of carbonyl (C=O) groups excluding carboxylic acids is 1. The highest BCUT2D eigenvalue weighted by atomic mass is 35.5. The van der Waals surface area contributed by atoms with Gasteiger partial charge in [-0.15, -0.1) is 0 Å². The molecule has 18 unspecified atom stereocenters. The van der Waals surface area contributed by atoms with Gasteiger partial charge >= 0.3 is 17.9 Å². The summed E-state index contributed by atoms with van der Waals surface area (Å²) in [5.74, 6) is -18.7. The third-order valence-electron chi connectivity index (χ3n) is 21.5. The number of carbonyl (C=O) groups is 3. The lowest BCUT2D eigenvalue weighted by atomic mass is 9.90. The van der Waals surface area contributed by atoms with Crippen LogP contribution in [0.15, 0.2) is 150 Å². The first-order chi connectivity index (χ1) is 59.5. The smallest absolute Gasteiger partial charge is 0.335 e. The van der Waals surface area contributed by atoms with Crippen LogP contribution in [0.2, 0.25) is 10.0 Å². The number of carboxylic acids is 2. The molecule has 0 amide bonds. The molecule has 125 heavy (non-hydrogen) atoms. The van der Waals surface area contributed by atoms with Crippen LogP contribution in [0.5, 0.6) is 69.0 Å². The van der Waals surface area contributed by atoms with Crippen LogP contribution in [0.3, 0.4) is 0 Å². The number of fused-ring (bicyclic) bond motifs is 12. The fraction of sp³-hybridized carbons (Fsp3) is 0.388. The molecule has 0 aromatic heterocycles. The Bertz CT molecular complexity index is 5460. The summed E-state index contributed by atoms with van der Waals surface area (Å²) in [5, 5.41) is 230. The van der Waals surface area contributed by atoms with E-state index < -0.39 is 271 Å². The van der Waals surface area contributed by atoms with Crippen LogP contribution in [-0.2, 0) is 35.0 Å². The fourth-order valence-electron chi connectivity index (χ4n) is 15.0. The van der Waals surface area contributed by atoms with Crippen molar-refractivity contribution in [1.82, 2.24) is 5.32 Å². The first kappa shape index (κ1) is 90.4. The average Bonchev–Trinajstić information content (AvgIpc) is 0.759. The number of hydrogen-bond acceptors (Lipinski definition) is 29. The standard InChI is InChI=1S/C85H90Cl2N8O30/c1-34(2)11-9-7-5-6-8-10-12-58(101)90-67-70(104)72(106)75(83(116)117)125-84(67)124-74-55-27-40-28-56(74)121-52-22-17-39(25-47(52)86)68(102)66-81(113)94-65(82(114)115)45-29-41(97)30-54(122-85-73(107)71(105)69(103)57(123-85)33-118-35(3)96)59(45)44-24-37(15-20-49(44)98)62(78(110)95-66)91-79(111)63(40)92-80(112)64-46-31-43(32-51(100)60(46)87)120-53-26-38(16-21-50(53)99)61(88-4)77(109)89-48(76(108)93-64)23-36-13-18-42(119-55)19-14-36/h13-22,24-32,34,48,57,61-73,75,84-85,88,97-100,102-107H,5-12,23,33H2,1-4H3,(H,89,109)(H,90,101)(H,91,111)(H,92,112)(H,93,108)(H,94,113)(H,95,110)(H,114,115)(H,116,117). The fourth-order valence-corrected chi connectivity index (χ4v) is 15.4. The summed E-state index contributed by atoms with van der Waals surface area (Å²) in [7, 11) is 1.45. The summed E-state index contributed by atoms with van der Waals surface area (Å²) >= 11 is 14.2. The van der Waals surface area contributed by atoms with Gasteiger partial charge in [-0.3, -0.25) is 4.79 Å². The molecule has 18 atom stereocenters. The van der Waals surface area contributed by atoms with Crippen LogP contribution in [0, 0.1) is 5.92 Å². The van der Waals surface area contributed by atoms with Crippen molar-refractivity contribution in [2.75, 3.05) is 13.7 Å². The van der Waals surface area contributed by atoms with Crippen molar-refractivity contribution in [2.24, 2.45) is 40.9 Å². The summed E-state index contributed by atoms with van der Waals surface area (Å²) in [5.41, 5.74) is -3.13. The molecular formula is C85H90Cl2N8O30. The van der Waals surface area contributed by atoms with Crippen LogP contribution in [0.25, 0.3) is 11.1 Å². The predicted octanol–water partition coefficient (Wildman–Crippen LogP) is 10.6. The van der Waals surface area contributed by atoms with Gasteiger partial charge in [-0.05, 0) is 120 Å². The first-order valence-electron chi connectivity index (χ1n) is 39.5. The zero-order valence-corrected chi connectivity index (χ0v) is 68.4. The quantitative estimate of drug-likeness (QED) is 0.0155. The molecule has 2 fully saturated rings. The van der Waals surface area contributed by atoms with Crippen molar-refractivity contribution in [3.63, 3.8) is 0 Å². The number of aliphatic imine (C=N–C) groups is 7. The largest absolute Gasteiger partial charge is 0.508 e. The highest BCUT2D eigenvalue weighted by Gasteiger charge is 2.51. The Morgan fingerprint density at radius 1 is 0.536 bits per heavy atom. The maximum atomic E-state index is 13.9. The molecule has 0 radical (unpaired) electrons. The summed E-state index contributed by atoms with van der Waals surface area (Å²) in [6.45, 7) is 4.54. The second-order valence-corrected chi connectivity index (χ2v) is 31.6.